The summed E-state index contributed by atoms with van der Waals surface area (Å²) in [7, 11) is 1.63. The second kappa shape index (κ2) is 6.35. The summed E-state index contributed by atoms with van der Waals surface area (Å²) in [6.07, 6.45) is 11.2. The molecule has 2 heterocycles. The molecule has 0 fully saturated rings. The highest BCUT2D eigenvalue weighted by Crippen LogP contribution is 2.08. The van der Waals surface area contributed by atoms with Gasteiger partial charge in [0.2, 0.25) is 0 Å². The Morgan fingerprint density at radius 2 is 1.72 bits per heavy atom. The lowest BCUT2D eigenvalue weighted by atomic mass is 10.3. The number of nitrogens with zero attached hydrogens (tertiary/aromatic N) is 2. The Balaban J connectivity index is 1.96. The van der Waals surface area contributed by atoms with E-state index >= 15 is 0 Å². The van der Waals surface area contributed by atoms with Crippen LogP contribution in [0.4, 0.5) is 0 Å². The lowest BCUT2D eigenvalue weighted by molar-refractivity contribution is 0.413. The third kappa shape index (κ3) is 3.56. The van der Waals surface area contributed by atoms with E-state index in [1.165, 1.54) is 0 Å². The van der Waals surface area contributed by atoms with E-state index < -0.39 is 0 Å². The molecule has 0 saturated heterocycles. The number of pyridine rings is 2. The Hall–Kier alpha value is -2.42. The van der Waals surface area contributed by atoms with Gasteiger partial charge >= 0.3 is 0 Å². The molecule has 0 N–H and O–H groups in total. The maximum absolute atomic E-state index is 5.04. The van der Waals surface area contributed by atoms with Gasteiger partial charge in [0, 0.05) is 6.20 Å². The topological polar surface area (TPSA) is 35.0 Å². The molecule has 18 heavy (non-hydrogen) atoms. The summed E-state index contributed by atoms with van der Waals surface area (Å²) in [6.45, 7) is 0. The van der Waals surface area contributed by atoms with Crippen molar-refractivity contribution in [2.75, 3.05) is 7.11 Å². The number of hydrogen-bond donors (Lipinski definition) is 0. The third-order valence-electron chi connectivity index (χ3n) is 2.33. The zero-order valence-electron chi connectivity index (χ0n) is 10.2. The van der Waals surface area contributed by atoms with Crippen LogP contribution in [-0.2, 0) is 0 Å². The highest BCUT2D eigenvalue weighted by molar-refractivity contribution is 5.53. The van der Waals surface area contributed by atoms with E-state index in [-0.39, 0.29) is 0 Å². The first-order valence-electron chi connectivity index (χ1n) is 5.64. The van der Waals surface area contributed by atoms with Crippen molar-refractivity contribution >= 4 is 12.2 Å². The van der Waals surface area contributed by atoms with E-state index in [1.807, 2.05) is 54.6 Å². The molecule has 0 aliphatic heterocycles. The minimum atomic E-state index is 0.760. The van der Waals surface area contributed by atoms with Crippen LogP contribution in [0.15, 0.2) is 54.9 Å². The molecule has 0 aliphatic rings. The second-order valence-corrected chi connectivity index (χ2v) is 3.60. The molecule has 0 amide bonds. The number of ether oxygens (including phenoxy) is 1. The molecule has 2 rings (SSSR count). The summed E-state index contributed by atoms with van der Waals surface area (Å²) in [5.74, 6) is 0.760. The SMILES string of the molecule is COc1ccc(/C=C/C=C/c2ccccn2)nc1. The molecule has 0 aliphatic carbocycles. The van der Waals surface area contributed by atoms with Crippen LogP contribution in [0.5, 0.6) is 5.75 Å². The van der Waals surface area contributed by atoms with Gasteiger partial charge < -0.3 is 4.74 Å². The van der Waals surface area contributed by atoms with Crippen LogP contribution in [-0.4, -0.2) is 17.1 Å². The number of rotatable bonds is 4. The summed E-state index contributed by atoms with van der Waals surface area (Å²) in [4.78, 5) is 8.43. The van der Waals surface area contributed by atoms with Gasteiger partial charge in [-0.05, 0) is 36.4 Å². The van der Waals surface area contributed by atoms with Crippen molar-refractivity contribution in [1.82, 2.24) is 9.97 Å². The first-order valence-corrected chi connectivity index (χ1v) is 5.64. The summed E-state index contributed by atoms with van der Waals surface area (Å²) in [5.41, 5.74) is 1.83. The van der Waals surface area contributed by atoms with Gasteiger partial charge in [-0.15, -0.1) is 0 Å². The first-order chi connectivity index (χ1) is 8.88. The number of allylic oxidation sites excluding steroid dienone is 2. The molecule has 0 radical (unpaired) electrons. The maximum atomic E-state index is 5.04. The predicted molar refractivity (Wildman–Crippen MR) is 73.1 cm³/mol. The van der Waals surface area contributed by atoms with E-state index in [0.717, 1.165) is 17.1 Å². The number of aromatic nitrogens is 2. The zero-order valence-corrected chi connectivity index (χ0v) is 10.2. The normalized spacial score (nSPS) is 11.2. The largest absolute Gasteiger partial charge is 0.495 e. The van der Waals surface area contributed by atoms with Gasteiger partial charge in [-0.3, -0.25) is 9.97 Å². The van der Waals surface area contributed by atoms with Crippen molar-refractivity contribution < 1.29 is 4.74 Å². The van der Waals surface area contributed by atoms with Gasteiger partial charge in [-0.25, -0.2) is 0 Å². The Kier molecular flexibility index (Phi) is 4.25. The van der Waals surface area contributed by atoms with Gasteiger partial charge in [0.25, 0.3) is 0 Å². The van der Waals surface area contributed by atoms with Gasteiger partial charge in [0.1, 0.15) is 5.75 Å². The molecule has 90 valence electrons. The summed E-state index contributed by atoms with van der Waals surface area (Å²) in [6, 6.07) is 9.60. The van der Waals surface area contributed by atoms with Crippen LogP contribution < -0.4 is 4.74 Å². The molecule has 0 saturated carbocycles. The number of hydrogen-bond acceptors (Lipinski definition) is 3. The van der Waals surface area contributed by atoms with E-state index in [2.05, 4.69) is 9.97 Å². The standard InChI is InChI=1S/C15H14N2O/c1-18-15-10-9-14(17-12-15)7-3-2-6-13-8-4-5-11-16-13/h2-12H,1H3/b6-2+,7-3+. The average Bonchev–Trinajstić information content (AvgIpc) is 2.45. The summed E-state index contributed by atoms with van der Waals surface area (Å²) in [5, 5.41) is 0. The smallest absolute Gasteiger partial charge is 0.137 e. The Labute approximate surface area is 106 Å². The molecule has 0 spiro atoms. The summed E-state index contributed by atoms with van der Waals surface area (Å²) >= 11 is 0. The lowest BCUT2D eigenvalue weighted by Gasteiger charge is -1.97. The van der Waals surface area contributed by atoms with Crippen molar-refractivity contribution in [1.29, 1.82) is 0 Å². The van der Waals surface area contributed by atoms with Gasteiger partial charge in [0.15, 0.2) is 0 Å². The predicted octanol–water partition coefficient (Wildman–Crippen LogP) is 3.21. The van der Waals surface area contributed by atoms with E-state index in [4.69, 9.17) is 4.74 Å². The van der Waals surface area contributed by atoms with Crippen LogP contribution in [0, 0.1) is 0 Å². The fraction of sp³-hybridized carbons (Fsp3) is 0.0667. The van der Waals surface area contributed by atoms with Gasteiger partial charge in [-0.2, -0.15) is 0 Å². The van der Waals surface area contributed by atoms with E-state index in [9.17, 15) is 0 Å². The highest BCUT2D eigenvalue weighted by Gasteiger charge is 1.90. The molecule has 2 aromatic heterocycles. The van der Waals surface area contributed by atoms with Crippen molar-refractivity contribution in [2.45, 2.75) is 0 Å². The van der Waals surface area contributed by atoms with Crippen LogP contribution >= 0.6 is 0 Å². The molecule has 0 unspecified atom stereocenters. The minimum absolute atomic E-state index is 0.760. The van der Waals surface area contributed by atoms with Crippen molar-refractivity contribution in [3.63, 3.8) is 0 Å². The minimum Gasteiger partial charge on any atom is -0.495 e. The fourth-order valence-electron chi connectivity index (χ4n) is 1.39. The fourth-order valence-corrected chi connectivity index (χ4v) is 1.39. The van der Waals surface area contributed by atoms with Gasteiger partial charge in [-0.1, -0.05) is 18.2 Å². The van der Waals surface area contributed by atoms with E-state index in [1.54, 1.807) is 19.5 Å². The third-order valence-corrected chi connectivity index (χ3v) is 2.33. The maximum Gasteiger partial charge on any atom is 0.137 e. The Bertz CT molecular complexity index is 530. The molecule has 3 nitrogen and oxygen atoms in total. The summed E-state index contributed by atoms with van der Waals surface area (Å²) < 4.78 is 5.04. The molecular weight excluding hydrogens is 224 g/mol. The van der Waals surface area contributed by atoms with Crippen molar-refractivity contribution in [3.8, 4) is 5.75 Å². The second-order valence-electron chi connectivity index (χ2n) is 3.60. The molecular formula is C15H14N2O. The lowest BCUT2D eigenvalue weighted by Crippen LogP contribution is -1.84. The van der Waals surface area contributed by atoms with Crippen molar-refractivity contribution in [2.24, 2.45) is 0 Å². The van der Waals surface area contributed by atoms with Crippen LogP contribution in [0.2, 0.25) is 0 Å². The Morgan fingerprint density at radius 1 is 0.944 bits per heavy atom. The molecule has 0 atom stereocenters. The molecule has 2 aromatic rings. The van der Waals surface area contributed by atoms with Gasteiger partial charge in [0.05, 0.1) is 24.7 Å². The monoisotopic (exact) mass is 238 g/mol. The number of methoxy groups -OCH3 is 1. The van der Waals surface area contributed by atoms with Crippen molar-refractivity contribution in [3.05, 3.63) is 66.3 Å². The zero-order chi connectivity index (χ0) is 12.6. The first kappa shape index (κ1) is 12.0. The quantitative estimate of drug-likeness (QED) is 0.767. The molecule has 0 aromatic carbocycles. The van der Waals surface area contributed by atoms with Crippen LogP contribution in [0.25, 0.3) is 12.2 Å². The molecule has 0 bridgehead atoms. The molecule has 3 heteroatoms. The van der Waals surface area contributed by atoms with E-state index in [0.29, 0.717) is 0 Å². The van der Waals surface area contributed by atoms with Crippen LogP contribution in [0.1, 0.15) is 11.4 Å². The Morgan fingerprint density at radius 3 is 2.28 bits per heavy atom. The highest BCUT2D eigenvalue weighted by atomic mass is 16.5. The van der Waals surface area contributed by atoms with Crippen LogP contribution in [0.3, 0.4) is 0 Å². The average molecular weight is 238 g/mol.